The van der Waals surface area contributed by atoms with Gasteiger partial charge in [-0.1, -0.05) is 26.0 Å². The van der Waals surface area contributed by atoms with Crippen molar-refractivity contribution in [1.82, 2.24) is 0 Å². The van der Waals surface area contributed by atoms with Gasteiger partial charge in [0, 0.05) is 37.1 Å². The van der Waals surface area contributed by atoms with Crippen molar-refractivity contribution in [3.05, 3.63) is 65.4 Å². The molecule has 0 aromatic heterocycles. The van der Waals surface area contributed by atoms with Crippen LogP contribution >= 0.6 is 0 Å². The maximum absolute atomic E-state index is 9.61. The molecular weight excluding hydrogens is 310 g/mol. The number of hydrogen-bond donors (Lipinski definition) is 1. The van der Waals surface area contributed by atoms with Gasteiger partial charge in [-0.25, -0.2) is 0 Å². The molecule has 0 fully saturated rings. The summed E-state index contributed by atoms with van der Waals surface area (Å²) in [6.07, 6.45) is 10.3. The van der Waals surface area contributed by atoms with Crippen LogP contribution in [0.15, 0.2) is 59.8 Å². The number of allylic oxidation sites excluding steroid dienone is 7. The topological polar surface area (TPSA) is 62.3 Å². The Morgan fingerprint density at radius 3 is 2.60 bits per heavy atom. The number of hydrogen-bond acceptors (Lipinski definition) is 4. The number of anilines is 1. The average Bonchev–Trinajstić information content (AvgIpc) is 2.85. The zero-order valence-electron chi connectivity index (χ0n) is 15.7. The van der Waals surface area contributed by atoms with Crippen LogP contribution in [0, 0.1) is 11.3 Å². The van der Waals surface area contributed by atoms with Crippen LogP contribution < -0.4 is 15.4 Å². The van der Waals surface area contributed by atoms with Gasteiger partial charge in [0.1, 0.15) is 5.75 Å². The van der Waals surface area contributed by atoms with Crippen LogP contribution in [-0.4, -0.2) is 21.2 Å². The molecule has 0 atom stereocenters. The van der Waals surface area contributed by atoms with Gasteiger partial charge in [-0.05, 0) is 42.4 Å². The number of nitriles is 1. The molecule has 2 rings (SSSR count). The average molecular weight is 337 g/mol. The Morgan fingerprint density at radius 1 is 1.28 bits per heavy atom. The highest BCUT2D eigenvalue weighted by Crippen LogP contribution is 2.31. The number of benzene rings is 1. The fourth-order valence-corrected chi connectivity index (χ4v) is 2.36. The Balaban J connectivity index is 0.00000151. The van der Waals surface area contributed by atoms with E-state index in [2.05, 4.69) is 6.07 Å². The molecule has 0 spiro atoms. The molecule has 132 valence electrons. The predicted molar refractivity (Wildman–Crippen MR) is 106 cm³/mol. The van der Waals surface area contributed by atoms with Gasteiger partial charge in [0.2, 0.25) is 0 Å². The third-order valence-corrected chi connectivity index (χ3v) is 3.58. The summed E-state index contributed by atoms with van der Waals surface area (Å²) in [5.41, 5.74) is 9.98. The minimum atomic E-state index is 0.616. The minimum absolute atomic E-state index is 0.616. The maximum atomic E-state index is 9.61. The van der Waals surface area contributed by atoms with Gasteiger partial charge in [0.05, 0.1) is 18.8 Å². The number of nitrogens with zero attached hydrogens (tertiary/aromatic N) is 2. The van der Waals surface area contributed by atoms with Crippen LogP contribution in [0.4, 0.5) is 5.69 Å². The van der Waals surface area contributed by atoms with Crippen molar-refractivity contribution in [1.29, 1.82) is 5.26 Å². The molecule has 0 radical (unpaired) electrons. The largest absolute Gasteiger partial charge is 0.497 e. The van der Waals surface area contributed by atoms with Crippen LogP contribution in [0.2, 0.25) is 0 Å². The van der Waals surface area contributed by atoms with Gasteiger partial charge < -0.3 is 15.4 Å². The summed E-state index contributed by atoms with van der Waals surface area (Å²) in [4.78, 5) is 1.97. The molecule has 4 nitrogen and oxygen atoms in total. The van der Waals surface area contributed by atoms with E-state index >= 15 is 0 Å². The van der Waals surface area contributed by atoms with Gasteiger partial charge in [-0.15, -0.1) is 0 Å². The molecule has 0 bridgehead atoms. The first-order chi connectivity index (χ1) is 12.0. The lowest BCUT2D eigenvalue weighted by molar-refractivity contribution is 0.415. The summed E-state index contributed by atoms with van der Waals surface area (Å²) in [6, 6.07) is 8.02. The van der Waals surface area contributed by atoms with E-state index in [0.29, 0.717) is 11.3 Å². The number of nitrogens with two attached hydrogens (primary N) is 1. The highest BCUT2D eigenvalue weighted by Gasteiger charge is 2.11. The highest BCUT2D eigenvalue weighted by atomic mass is 16.5. The number of methoxy groups -OCH3 is 1. The fourth-order valence-electron chi connectivity index (χ4n) is 2.36. The third kappa shape index (κ3) is 5.58. The highest BCUT2D eigenvalue weighted by molar-refractivity contribution is 5.86. The molecule has 0 aliphatic heterocycles. The molecule has 0 amide bonds. The Bertz CT molecular complexity index is 747. The molecule has 1 aromatic rings. The van der Waals surface area contributed by atoms with Crippen LogP contribution in [0.3, 0.4) is 0 Å². The van der Waals surface area contributed by atoms with Crippen LogP contribution in [0.25, 0.3) is 5.57 Å². The molecule has 4 heteroatoms. The Hall–Kier alpha value is -2.93. The third-order valence-electron chi connectivity index (χ3n) is 3.58. The molecule has 25 heavy (non-hydrogen) atoms. The fraction of sp³-hybridized carbons (Fsp3) is 0.286. The van der Waals surface area contributed by atoms with Gasteiger partial charge in [0.15, 0.2) is 0 Å². The summed E-state index contributed by atoms with van der Waals surface area (Å²) < 4.78 is 5.28. The van der Waals surface area contributed by atoms with Crippen molar-refractivity contribution < 1.29 is 4.74 Å². The van der Waals surface area contributed by atoms with Crippen molar-refractivity contribution in [3.63, 3.8) is 0 Å². The lowest BCUT2D eigenvalue weighted by Gasteiger charge is -2.18. The first kappa shape index (κ1) is 20.1. The quantitative estimate of drug-likeness (QED) is 0.826. The van der Waals surface area contributed by atoms with Crippen molar-refractivity contribution in [2.45, 2.75) is 20.3 Å². The normalized spacial score (nSPS) is 13.5. The van der Waals surface area contributed by atoms with E-state index in [0.717, 1.165) is 29.0 Å². The van der Waals surface area contributed by atoms with Crippen LogP contribution in [0.1, 0.15) is 25.8 Å². The summed E-state index contributed by atoms with van der Waals surface area (Å²) in [5, 5.41) is 9.61. The van der Waals surface area contributed by atoms with Gasteiger partial charge in [-0.2, -0.15) is 5.26 Å². The van der Waals surface area contributed by atoms with E-state index in [9.17, 15) is 5.26 Å². The second-order valence-electron chi connectivity index (χ2n) is 5.46. The summed E-state index contributed by atoms with van der Waals surface area (Å²) >= 11 is 0. The lowest BCUT2D eigenvalue weighted by atomic mass is 10.00. The second-order valence-corrected chi connectivity index (χ2v) is 5.46. The summed E-state index contributed by atoms with van der Waals surface area (Å²) in [5.74, 6) is 0.766. The van der Waals surface area contributed by atoms with Gasteiger partial charge >= 0.3 is 0 Å². The molecule has 2 N–H and O–H groups in total. The van der Waals surface area contributed by atoms with E-state index in [1.165, 1.54) is 0 Å². The lowest BCUT2D eigenvalue weighted by Crippen LogP contribution is -2.11. The van der Waals surface area contributed by atoms with Crippen LogP contribution in [-0.2, 0) is 0 Å². The smallest absolute Gasteiger partial charge is 0.120 e. The molecule has 1 aliphatic carbocycles. The van der Waals surface area contributed by atoms with Crippen LogP contribution in [0.5, 0.6) is 5.75 Å². The van der Waals surface area contributed by atoms with E-state index in [-0.39, 0.29) is 0 Å². The molecular formula is C21H27N3O. The predicted octanol–water partition coefficient (Wildman–Crippen LogP) is 4.42. The SMILES string of the molecule is CC.COc1ccc(/C(C#N)=C/C2=CC=C(N)C=CC2)c(N(C)C)c1. The zero-order valence-corrected chi connectivity index (χ0v) is 15.7. The Labute approximate surface area is 151 Å². The van der Waals surface area contributed by atoms with Crippen molar-refractivity contribution >= 4 is 11.3 Å². The first-order valence-corrected chi connectivity index (χ1v) is 8.35. The minimum Gasteiger partial charge on any atom is -0.497 e. The van der Waals surface area contributed by atoms with Crippen molar-refractivity contribution in [2.75, 3.05) is 26.1 Å². The van der Waals surface area contributed by atoms with Crippen molar-refractivity contribution in [2.24, 2.45) is 5.73 Å². The zero-order chi connectivity index (χ0) is 18.8. The van der Waals surface area contributed by atoms with Crippen molar-refractivity contribution in [3.8, 4) is 11.8 Å². The summed E-state index contributed by atoms with van der Waals surface area (Å²) in [7, 11) is 5.53. The van der Waals surface area contributed by atoms with E-state index < -0.39 is 0 Å². The van der Waals surface area contributed by atoms with E-state index in [4.69, 9.17) is 10.5 Å². The Kier molecular flexibility index (Phi) is 8.08. The van der Waals surface area contributed by atoms with Gasteiger partial charge in [-0.3, -0.25) is 0 Å². The standard InChI is InChI=1S/C19H21N3O.C2H6/c1-22(2)19-12-17(23-3)9-10-18(19)15(13-20)11-14-5-4-6-16(21)8-7-14;1-2/h4,6-12H,5,21H2,1-3H3;1-2H3/b15-11+;. The molecule has 1 aliphatic rings. The monoisotopic (exact) mass is 337 g/mol. The summed E-state index contributed by atoms with van der Waals surface area (Å²) in [6.45, 7) is 4.00. The number of ether oxygens (including phenoxy) is 1. The molecule has 0 heterocycles. The molecule has 1 aromatic carbocycles. The first-order valence-electron chi connectivity index (χ1n) is 8.35. The van der Waals surface area contributed by atoms with E-state index in [1.807, 2.05) is 81.4 Å². The molecule has 0 unspecified atom stereocenters. The molecule has 0 saturated carbocycles. The second kappa shape index (κ2) is 10.0. The van der Waals surface area contributed by atoms with Gasteiger partial charge in [0.25, 0.3) is 0 Å². The number of rotatable bonds is 4. The molecule has 0 saturated heterocycles. The Morgan fingerprint density at radius 2 is 2.00 bits per heavy atom. The maximum Gasteiger partial charge on any atom is 0.120 e. The van der Waals surface area contributed by atoms with E-state index in [1.54, 1.807) is 7.11 Å².